The first-order valence-corrected chi connectivity index (χ1v) is 6.20. The van der Waals surface area contributed by atoms with Crippen LogP contribution in [0.5, 0.6) is 0 Å². The van der Waals surface area contributed by atoms with Crippen LogP contribution in [0.25, 0.3) is 0 Å². The number of carbonyl (C=O) groups excluding carboxylic acids is 1. The summed E-state index contributed by atoms with van der Waals surface area (Å²) in [5.74, 6) is -1.22. The van der Waals surface area contributed by atoms with Crippen molar-refractivity contribution < 1.29 is 14.7 Å². The minimum Gasteiger partial charge on any atom is -0.481 e. The van der Waals surface area contributed by atoms with Gasteiger partial charge >= 0.3 is 12.0 Å². The van der Waals surface area contributed by atoms with Gasteiger partial charge in [0.2, 0.25) is 0 Å². The lowest BCUT2D eigenvalue weighted by molar-refractivity contribution is -0.142. The summed E-state index contributed by atoms with van der Waals surface area (Å²) in [4.78, 5) is 28.4. The first-order valence-electron chi connectivity index (χ1n) is 6.20. The fourth-order valence-corrected chi connectivity index (χ4v) is 2.13. The van der Waals surface area contributed by atoms with Crippen molar-refractivity contribution in [1.29, 1.82) is 0 Å². The zero-order chi connectivity index (χ0) is 13.9. The average Bonchev–Trinajstić information content (AvgIpc) is 2.67. The van der Waals surface area contributed by atoms with E-state index in [0.717, 1.165) is 6.54 Å². The topological polar surface area (TPSA) is 64.1 Å². The Morgan fingerprint density at radius 1 is 1.22 bits per heavy atom. The smallest absolute Gasteiger partial charge is 0.319 e. The predicted molar refractivity (Wildman–Crippen MR) is 68.4 cm³/mol. The van der Waals surface area contributed by atoms with Crippen molar-refractivity contribution in [3.05, 3.63) is 0 Å². The third kappa shape index (κ3) is 3.60. The number of likely N-dealkylation sites (tertiary alicyclic amines) is 1. The van der Waals surface area contributed by atoms with Crippen LogP contribution in [0.4, 0.5) is 4.79 Å². The van der Waals surface area contributed by atoms with Gasteiger partial charge in [-0.15, -0.1) is 0 Å². The molecule has 2 unspecified atom stereocenters. The molecule has 1 fully saturated rings. The number of carboxylic acid groups (broad SMARTS) is 1. The molecule has 0 saturated carbocycles. The van der Waals surface area contributed by atoms with Gasteiger partial charge in [0.25, 0.3) is 0 Å². The van der Waals surface area contributed by atoms with Gasteiger partial charge in [-0.1, -0.05) is 6.92 Å². The number of amides is 2. The molecule has 6 nitrogen and oxygen atoms in total. The zero-order valence-corrected chi connectivity index (χ0v) is 11.6. The monoisotopic (exact) mass is 257 g/mol. The number of likely N-dealkylation sites (N-methyl/N-ethyl adjacent to an activating group) is 2. The van der Waals surface area contributed by atoms with Gasteiger partial charge in [0.05, 0.1) is 5.92 Å². The van der Waals surface area contributed by atoms with E-state index in [1.54, 1.807) is 16.8 Å². The highest BCUT2D eigenvalue weighted by Gasteiger charge is 2.37. The van der Waals surface area contributed by atoms with Gasteiger partial charge in [-0.25, -0.2) is 4.79 Å². The quantitative estimate of drug-likeness (QED) is 0.784. The minimum atomic E-state index is -0.811. The van der Waals surface area contributed by atoms with Crippen LogP contribution < -0.4 is 0 Å². The summed E-state index contributed by atoms with van der Waals surface area (Å²) < 4.78 is 0. The second-order valence-electron chi connectivity index (χ2n) is 5.33. The molecule has 1 rings (SSSR count). The van der Waals surface area contributed by atoms with Gasteiger partial charge in [-0.3, -0.25) is 4.79 Å². The van der Waals surface area contributed by atoms with Gasteiger partial charge in [-0.2, -0.15) is 0 Å². The molecule has 1 N–H and O–H groups in total. The highest BCUT2D eigenvalue weighted by atomic mass is 16.4. The Hall–Kier alpha value is -1.30. The molecule has 18 heavy (non-hydrogen) atoms. The van der Waals surface area contributed by atoms with E-state index in [1.165, 1.54) is 0 Å². The standard InChI is InChI=1S/C12H23N3O3/c1-9-7-15(8-10(9)11(16)17)12(18)14(4)6-5-13(2)3/h9-10H,5-8H2,1-4H3,(H,16,17). The molecule has 1 aliphatic heterocycles. The van der Waals surface area contributed by atoms with Gasteiger partial charge < -0.3 is 19.8 Å². The lowest BCUT2D eigenvalue weighted by atomic mass is 9.99. The third-order valence-corrected chi connectivity index (χ3v) is 3.41. The zero-order valence-electron chi connectivity index (χ0n) is 11.6. The Morgan fingerprint density at radius 3 is 2.28 bits per heavy atom. The molecular weight excluding hydrogens is 234 g/mol. The first-order chi connectivity index (χ1) is 8.32. The number of carbonyl (C=O) groups is 2. The van der Waals surface area contributed by atoms with E-state index in [0.29, 0.717) is 19.6 Å². The third-order valence-electron chi connectivity index (χ3n) is 3.41. The van der Waals surface area contributed by atoms with Crippen molar-refractivity contribution in [3.63, 3.8) is 0 Å². The molecule has 1 heterocycles. The molecule has 0 aliphatic carbocycles. The highest BCUT2D eigenvalue weighted by molar-refractivity contribution is 5.77. The van der Waals surface area contributed by atoms with Crippen molar-refractivity contribution in [1.82, 2.24) is 14.7 Å². The SMILES string of the molecule is CC1CN(C(=O)N(C)CCN(C)C)CC1C(=O)O. The van der Waals surface area contributed by atoms with E-state index < -0.39 is 11.9 Å². The largest absolute Gasteiger partial charge is 0.481 e. The molecule has 2 atom stereocenters. The van der Waals surface area contributed by atoms with E-state index in [1.807, 2.05) is 25.9 Å². The van der Waals surface area contributed by atoms with E-state index in [9.17, 15) is 9.59 Å². The molecule has 1 aliphatic rings. The summed E-state index contributed by atoms with van der Waals surface area (Å²) in [5, 5.41) is 9.04. The van der Waals surface area contributed by atoms with Gasteiger partial charge in [0.1, 0.15) is 0 Å². The van der Waals surface area contributed by atoms with Crippen molar-refractivity contribution in [2.24, 2.45) is 11.8 Å². The van der Waals surface area contributed by atoms with Crippen LogP contribution in [0.1, 0.15) is 6.92 Å². The molecule has 0 aromatic rings. The van der Waals surface area contributed by atoms with Gasteiger partial charge in [-0.05, 0) is 20.0 Å². The second kappa shape index (κ2) is 6.04. The summed E-state index contributed by atoms with van der Waals surface area (Å²) in [6.45, 7) is 4.18. The maximum absolute atomic E-state index is 12.1. The molecular formula is C12H23N3O3. The summed E-state index contributed by atoms with van der Waals surface area (Å²) >= 11 is 0. The lowest BCUT2D eigenvalue weighted by Gasteiger charge is -2.25. The molecule has 0 aromatic heterocycles. The molecule has 1 saturated heterocycles. The van der Waals surface area contributed by atoms with E-state index >= 15 is 0 Å². The number of aliphatic carboxylic acids is 1. The molecule has 0 aromatic carbocycles. The van der Waals surface area contributed by atoms with Crippen LogP contribution in [-0.2, 0) is 4.79 Å². The van der Waals surface area contributed by atoms with Crippen LogP contribution in [0.3, 0.4) is 0 Å². The average molecular weight is 257 g/mol. The van der Waals surface area contributed by atoms with Crippen molar-refractivity contribution in [2.75, 3.05) is 47.3 Å². The van der Waals surface area contributed by atoms with Crippen LogP contribution in [0, 0.1) is 11.8 Å². The van der Waals surface area contributed by atoms with Crippen molar-refractivity contribution >= 4 is 12.0 Å². The number of rotatable bonds is 4. The molecule has 0 bridgehead atoms. The fourth-order valence-electron chi connectivity index (χ4n) is 2.13. The lowest BCUT2D eigenvalue weighted by Crippen LogP contribution is -2.42. The second-order valence-corrected chi connectivity index (χ2v) is 5.33. The number of nitrogens with zero attached hydrogens (tertiary/aromatic N) is 3. The van der Waals surface area contributed by atoms with Gasteiger partial charge in [0.15, 0.2) is 0 Å². The Kier molecular flexibility index (Phi) is 4.95. The highest BCUT2D eigenvalue weighted by Crippen LogP contribution is 2.23. The van der Waals surface area contributed by atoms with Gasteiger partial charge in [0, 0.05) is 33.2 Å². The Balaban J connectivity index is 2.50. The van der Waals surface area contributed by atoms with Crippen molar-refractivity contribution in [3.8, 4) is 0 Å². The van der Waals surface area contributed by atoms with Crippen LogP contribution in [0.2, 0.25) is 0 Å². The minimum absolute atomic E-state index is 0.0219. The Labute approximate surface area is 108 Å². The maximum Gasteiger partial charge on any atom is 0.319 e. The molecule has 0 spiro atoms. The fraction of sp³-hybridized carbons (Fsp3) is 0.833. The summed E-state index contributed by atoms with van der Waals surface area (Å²) in [5.41, 5.74) is 0. The van der Waals surface area contributed by atoms with E-state index in [4.69, 9.17) is 5.11 Å². The number of hydrogen-bond donors (Lipinski definition) is 1. The van der Waals surface area contributed by atoms with E-state index in [2.05, 4.69) is 0 Å². The number of carboxylic acids is 1. The molecule has 0 radical (unpaired) electrons. The Bertz CT molecular complexity index is 320. The Morgan fingerprint density at radius 2 is 1.83 bits per heavy atom. The van der Waals surface area contributed by atoms with Crippen LogP contribution >= 0.6 is 0 Å². The number of urea groups is 1. The molecule has 104 valence electrons. The predicted octanol–water partition coefficient (Wildman–Crippen LogP) is 0.252. The maximum atomic E-state index is 12.1. The summed E-state index contributed by atoms with van der Waals surface area (Å²) in [7, 11) is 5.66. The number of hydrogen-bond acceptors (Lipinski definition) is 3. The molecule has 2 amide bonds. The first kappa shape index (κ1) is 14.8. The summed E-state index contributed by atoms with van der Waals surface area (Å²) in [6.07, 6.45) is 0. The van der Waals surface area contributed by atoms with Crippen LogP contribution in [0.15, 0.2) is 0 Å². The summed E-state index contributed by atoms with van der Waals surface area (Å²) in [6, 6.07) is -0.0764. The van der Waals surface area contributed by atoms with Crippen molar-refractivity contribution in [2.45, 2.75) is 6.92 Å². The normalized spacial score (nSPS) is 23.5. The molecule has 6 heteroatoms. The van der Waals surface area contributed by atoms with E-state index in [-0.39, 0.29) is 11.9 Å². The van der Waals surface area contributed by atoms with Crippen LogP contribution in [-0.4, -0.2) is 79.1 Å².